The minimum atomic E-state index is -0.0401. The molecule has 0 bridgehead atoms. The van der Waals surface area contributed by atoms with Gasteiger partial charge >= 0.3 is 0 Å². The Labute approximate surface area is 172 Å². The van der Waals surface area contributed by atoms with Crippen molar-refractivity contribution in [2.45, 2.75) is 33.1 Å². The van der Waals surface area contributed by atoms with Gasteiger partial charge < -0.3 is 0 Å². The van der Waals surface area contributed by atoms with E-state index in [1.54, 1.807) is 4.90 Å². The highest BCUT2D eigenvalue weighted by molar-refractivity contribution is 9.10. The highest BCUT2D eigenvalue weighted by Crippen LogP contribution is 2.39. The number of carbonyl (C=O) groups excluding carboxylic acids is 1. The largest absolute Gasteiger partial charge is 0.271 e. The van der Waals surface area contributed by atoms with Crippen LogP contribution in [0, 0.1) is 0 Å². The summed E-state index contributed by atoms with van der Waals surface area (Å²) < 4.78 is 1.60. The molecule has 3 rings (SSSR count). The molecule has 0 spiro atoms. The SMILES string of the molecule is CCCCc1ccc(N2C(=O)/C(=C(\C)c3ccc(Br)cc3)SC2=S)cc1. The number of halogens is 1. The van der Waals surface area contributed by atoms with Crippen LogP contribution in [-0.4, -0.2) is 10.2 Å². The Morgan fingerprint density at radius 3 is 2.38 bits per heavy atom. The first-order valence-corrected chi connectivity index (χ1v) is 10.6. The maximum absolute atomic E-state index is 13.0. The quantitative estimate of drug-likeness (QED) is 0.382. The smallest absolute Gasteiger partial charge is 0.268 e. The predicted molar refractivity (Wildman–Crippen MR) is 119 cm³/mol. The molecule has 1 heterocycles. The molecule has 0 atom stereocenters. The third-order valence-electron chi connectivity index (χ3n) is 4.40. The Balaban J connectivity index is 1.86. The average Bonchev–Trinajstić information content (AvgIpc) is 2.95. The number of benzene rings is 2. The Hall–Kier alpha value is -1.43. The first kappa shape index (κ1) is 19.3. The lowest BCUT2D eigenvalue weighted by atomic mass is 10.1. The number of hydrogen-bond donors (Lipinski definition) is 0. The topological polar surface area (TPSA) is 20.3 Å². The lowest BCUT2D eigenvalue weighted by Gasteiger charge is -2.15. The van der Waals surface area contributed by atoms with Crippen molar-refractivity contribution in [1.29, 1.82) is 0 Å². The molecular formula is C21H20BrNOS2. The summed E-state index contributed by atoms with van der Waals surface area (Å²) in [5.74, 6) is -0.0401. The van der Waals surface area contributed by atoms with Gasteiger partial charge in [0.05, 0.1) is 10.6 Å². The lowest BCUT2D eigenvalue weighted by Crippen LogP contribution is -2.27. The van der Waals surface area contributed by atoms with Crippen molar-refractivity contribution >= 4 is 61.4 Å². The first-order valence-electron chi connectivity index (χ1n) is 8.63. The Morgan fingerprint density at radius 2 is 1.77 bits per heavy atom. The number of amides is 1. The minimum Gasteiger partial charge on any atom is -0.268 e. The normalized spacial score (nSPS) is 16.3. The van der Waals surface area contributed by atoms with E-state index in [-0.39, 0.29) is 5.91 Å². The Morgan fingerprint density at radius 1 is 1.12 bits per heavy atom. The molecular weight excluding hydrogens is 426 g/mol. The maximum Gasteiger partial charge on any atom is 0.271 e. The van der Waals surface area contributed by atoms with Gasteiger partial charge in [-0.1, -0.05) is 77.5 Å². The van der Waals surface area contributed by atoms with Crippen LogP contribution in [0.2, 0.25) is 0 Å². The lowest BCUT2D eigenvalue weighted by molar-refractivity contribution is -0.113. The van der Waals surface area contributed by atoms with Gasteiger partial charge in [-0.25, -0.2) is 0 Å². The first-order chi connectivity index (χ1) is 12.5. The molecule has 0 aliphatic carbocycles. The highest BCUT2D eigenvalue weighted by atomic mass is 79.9. The van der Waals surface area contributed by atoms with E-state index in [1.807, 2.05) is 43.3 Å². The van der Waals surface area contributed by atoms with Gasteiger partial charge in [0.25, 0.3) is 5.91 Å². The molecule has 0 unspecified atom stereocenters. The monoisotopic (exact) mass is 445 g/mol. The number of anilines is 1. The number of thiocarbonyl (C=S) groups is 1. The van der Waals surface area contributed by atoms with Crippen LogP contribution in [0.4, 0.5) is 5.69 Å². The van der Waals surface area contributed by atoms with Crippen LogP contribution in [0.15, 0.2) is 57.9 Å². The zero-order valence-corrected chi connectivity index (χ0v) is 18.0. The van der Waals surface area contributed by atoms with Crippen LogP contribution >= 0.6 is 39.9 Å². The van der Waals surface area contributed by atoms with Crippen molar-refractivity contribution in [2.75, 3.05) is 4.90 Å². The summed E-state index contributed by atoms with van der Waals surface area (Å²) in [4.78, 5) is 15.3. The average molecular weight is 446 g/mol. The summed E-state index contributed by atoms with van der Waals surface area (Å²) in [5.41, 5.74) is 4.12. The molecule has 1 fully saturated rings. The van der Waals surface area contributed by atoms with Gasteiger partial charge in [-0.05, 0) is 60.7 Å². The molecule has 134 valence electrons. The molecule has 1 aliphatic rings. The molecule has 1 amide bonds. The molecule has 0 aromatic heterocycles. The third-order valence-corrected chi connectivity index (χ3v) is 6.40. The molecule has 2 nitrogen and oxygen atoms in total. The molecule has 0 saturated carbocycles. The van der Waals surface area contributed by atoms with Crippen LogP contribution in [0.3, 0.4) is 0 Å². The summed E-state index contributed by atoms with van der Waals surface area (Å²) in [7, 11) is 0. The zero-order chi connectivity index (χ0) is 18.7. The van der Waals surface area contributed by atoms with Gasteiger partial charge in [0.1, 0.15) is 0 Å². The van der Waals surface area contributed by atoms with Crippen LogP contribution in [0.1, 0.15) is 37.8 Å². The van der Waals surface area contributed by atoms with Gasteiger partial charge in [0.2, 0.25) is 0 Å². The van der Waals surface area contributed by atoms with E-state index < -0.39 is 0 Å². The molecule has 2 aromatic carbocycles. The van der Waals surface area contributed by atoms with Crippen molar-refractivity contribution in [3.8, 4) is 0 Å². The second-order valence-electron chi connectivity index (χ2n) is 6.24. The van der Waals surface area contributed by atoms with Gasteiger partial charge in [0.15, 0.2) is 4.32 Å². The van der Waals surface area contributed by atoms with Crippen LogP contribution in [0.5, 0.6) is 0 Å². The molecule has 2 aromatic rings. The van der Waals surface area contributed by atoms with Crippen LogP contribution in [0.25, 0.3) is 5.57 Å². The second kappa shape index (κ2) is 8.51. The number of thioether (sulfide) groups is 1. The van der Waals surface area contributed by atoms with Crippen molar-refractivity contribution in [1.82, 2.24) is 0 Å². The van der Waals surface area contributed by atoms with E-state index in [0.29, 0.717) is 9.23 Å². The minimum absolute atomic E-state index is 0.0401. The van der Waals surface area contributed by atoms with Crippen LogP contribution in [-0.2, 0) is 11.2 Å². The zero-order valence-electron chi connectivity index (χ0n) is 14.8. The number of unbranched alkanes of at least 4 members (excludes halogenated alkanes) is 1. The number of hydrogen-bond acceptors (Lipinski definition) is 3. The maximum atomic E-state index is 13.0. The number of rotatable bonds is 5. The number of carbonyl (C=O) groups is 1. The fourth-order valence-corrected chi connectivity index (χ4v) is 4.45. The summed E-state index contributed by atoms with van der Waals surface area (Å²) in [6, 6.07) is 16.1. The highest BCUT2D eigenvalue weighted by Gasteiger charge is 2.34. The summed E-state index contributed by atoms with van der Waals surface area (Å²) in [6.45, 7) is 4.16. The summed E-state index contributed by atoms with van der Waals surface area (Å²) in [6.07, 6.45) is 3.42. The molecule has 1 saturated heterocycles. The standard InChI is InChI=1S/C21H20BrNOS2/c1-3-4-5-15-6-12-18(13-7-15)23-20(24)19(26-21(23)25)14(2)16-8-10-17(22)11-9-16/h6-13H,3-5H2,1-2H3/b19-14-. The van der Waals surface area contributed by atoms with E-state index >= 15 is 0 Å². The van der Waals surface area contributed by atoms with E-state index in [9.17, 15) is 4.79 Å². The molecule has 0 N–H and O–H groups in total. The van der Waals surface area contributed by atoms with E-state index in [2.05, 4.69) is 35.0 Å². The number of allylic oxidation sites excluding steroid dienone is 1. The van der Waals surface area contributed by atoms with Crippen LogP contribution < -0.4 is 4.90 Å². The summed E-state index contributed by atoms with van der Waals surface area (Å²) >= 11 is 10.3. The summed E-state index contributed by atoms with van der Waals surface area (Å²) in [5, 5.41) is 0. The second-order valence-corrected chi connectivity index (χ2v) is 8.80. The van der Waals surface area contributed by atoms with Gasteiger partial charge in [0, 0.05) is 4.47 Å². The molecule has 26 heavy (non-hydrogen) atoms. The van der Waals surface area contributed by atoms with E-state index in [0.717, 1.165) is 27.7 Å². The molecule has 5 heteroatoms. The van der Waals surface area contributed by atoms with Gasteiger partial charge in [-0.3, -0.25) is 9.69 Å². The van der Waals surface area contributed by atoms with Crippen molar-refractivity contribution in [2.24, 2.45) is 0 Å². The van der Waals surface area contributed by atoms with Crippen molar-refractivity contribution in [3.63, 3.8) is 0 Å². The van der Waals surface area contributed by atoms with Crippen molar-refractivity contribution in [3.05, 3.63) is 69.0 Å². The Kier molecular flexibility index (Phi) is 6.33. The fraction of sp³-hybridized carbons (Fsp3) is 0.238. The number of aryl methyl sites for hydroxylation is 1. The molecule has 1 aliphatic heterocycles. The third kappa shape index (κ3) is 4.11. The van der Waals surface area contributed by atoms with Gasteiger partial charge in [-0.2, -0.15) is 0 Å². The Bertz CT molecular complexity index is 857. The molecule has 0 radical (unpaired) electrons. The number of nitrogens with zero attached hydrogens (tertiary/aromatic N) is 1. The van der Waals surface area contributed by atoms with E-state index in [1.165, 1.54) is 30.2 Å². The van der Waals surface area contributed by atoms with E-state index in [4.69, 9.17) is 12.2 Å². The fourth-order valence-electron chi connectivity index (χ4n) is 2.84. The van der Waals surface area contributed by atoms with Gasteiger partial charge in [-0.15, -0.1) is 0 Å². The van der Waals surface area contributed by atoms with Crippen molar-refractivity contribution < 1.29 is 4.79 Å². The predicted octanol–water partition coefficient (Wildman–Crippen LogP) is 6.59.